The Morgan fingerprint density at radius 1 is 1.47 bits per heavy atom. The molecule has 1 saturated carbocycles. The third kappa shape index (κ3) is 3.41. The topological polar surface area (TPSA) is 46.3 Å². The van der Waals surface area contributed by atoms with E-state index in [1.165, 1.54) is 12.8 Å². The summed E-state index contributed by atoms with van der Waals surface area (Å²) in [5.41, 5.74) is 5.08. The Balaban J connectivity index is 2.76. The zero-order valence-electron chi connectivity index (χ0n) is 11.2. The lowest BCUT2D eigenvalue weighted by atomic mass is 9.85. The van der Waals surface area contributed by atoms with Gasteiger partial charge in [-0.1, -0.05) is 26.1 Å². The van der Waals surface area contributed by atoms with Crippen molar-refractivity contribution < 1.29 is 4.79 Å². The van der Waals surface area contributed by atoms with Gasteiger partial charge in [-0.15, -0.1) is 0 Å². The molecule has 1 fully saturated rings. The van der Waals surface area contributed by atoms with Gasteiger partial charge in [0.05, 0.1) is 10.4 Å². The first-order valence-corrected chi connectivity index (χ1v) is 6.95. The van der Waals surface area contributed by atoms with Crippen molar-refractivity contribution in [2.75, 3.05) is 13.1 Å². The Morgan fingerprint density at radius 3 is 2.41 bits per heavy atom. The van der Waals surface area contributed by atoms with Crippen LogP contribution in [-0.2, 0) is 4.79 Å². The summed E-state index contributed by atoms with van der Waals surface area (Å²) in [4.78, 5) is 14.8. The van der Waals surface area contributed by atoms with Crippen LogP contribution in [0.15, 0.2) is 0 Å². The van der Waals surface area contributed by atoms with Crippen LogP contribution in [0.1, 0.15) is 46.5 Å². The standard InChI is InChI=1S/C13H24N2OS/c1-4-8-15(9-10-6-7-10)12(16)13(3,5-2)11(14)17/h10H,4-9H2,1-3H3,(H2,14,17). The highest BCUT2D eigenvalue weighted by molar-refractivity contribution is 7.80. The zero-order chi connectivity index (χ0) is 13.1. The molecule has 0 bridgehead atoms. The van der Waals surface area contributed by atoms with Crippen molar-refractivity contribution in [3.63, 3.8) is 0 Å². The summed E-state index contributed by atoms with van der Waals surface area (Å²) in [6.07, 6.45) is 4.16. The molecule has 1 unspecified atom stereocenters. The quantitative estimate of drug-likeness (QED) is 0.711. The van der Waals surface area contributed by atoms with E-state index in [9.17, 15) is 4.79 Å². The van der Waals surface area contributed by atoms with E-state index in [0.29, 0.717) is 17.3 Å². The number of carbonyl (C=O) groups excluding carboxylic acids is 1. The van der Waals surface area contributed by atoms with Crippen LogP contribution in [0.4, 0.5) is 0 Å². The van der Waals surface area contributed by atoms with Crippen molar-refractivity contribution >= 4 is 23.1 Å². The maximum atomic E-state index is 12.5. The lowest BCUT2D eigenvalue weighted by Gasteiger charge is -2.33. The minimum Gasteiger partial charge on any atom is -0.392 e. The number of nitrogens with two attached hydrogens (primary N) is 1. The Bertz CT molecular complexity index is 302. The third-order valence-corrected chi connectivity index (χ3v) is 4.13. The molecule has 0 radical (unpaired) electrons. The molecular formula is C13H24N2OS. The number of rotatable bonds is 7. The van der Waals surface area contributed by atoms with Crippen LogP contribution in [-0.4, -0.2) is 28.9 Å². The Hall–Kier alpha value is -0.640. The zero-order valence-corrected chi connectivity index (χ0v) is 12.0. The molecular weight excluding hydrogens is 232 g/mol. The normalized spacial score (nSPS) is 18.5. The number of amides is 1. The van der Waals surface area contributed by atoms with Crippen molar-refractivity contribution in [1.82, 2.24) is 4.90 Å². The van der Waals surface area contributed by atoms with Crippen molar-refractivity contribution in [2.24, 2.45) is 17.1 Å². The summed E-state index contributed by atoms with van der Waals surface area (Å²) in [6, 6.07) is 0. The molecule has 0 spiro atoms. The number of thiocarbonyl (C=S) groups is 1. The first-order valence-electron chi connectivity index (χ1n) is 6.55. The van der Waals surface area contributed by atoms with Gasteiger partial charge in [0.2, 0.25) is 5.91 Å². The van der Waals surface area contributed by atoms with E-state index in [2.05, 4.69) is 6.92 Å². The number of nitrogens with zero attached hydrogens (tertiary/aromatic N) is 1. The average molecular weight is 256 g/mol. The molecule has 1 amide bonds. The minimum atomic E-state index is -0.667. The van der Waals surface area contributed by atoms with E-state index in [1.54, 1.807) is 0 Å². The van der Waals surface area contributed by atoms with Gasteiger partial charge in [-0.05, 0) is 38.5 Å². The minimum absolute atomic E-state index is 0.112. The van der Waals surface area contributed by atoms with Crippen LogP contribution in [0.5, 0.6) is 0 Å². The largest absolute Gasteiger partial charge is 0.392 e. The lowest BCUT2D eigenvalue weighted by Crippen LogP contribution is -2.49. The molecule has 1 aliphatic rings. The van der Waals surface area contributed by atoms with E-state index in [1.807, 2.05) is 18.7 Å². The summed E-state index contributed by atoms with van der Waals surface area (Å²) in [6.45, 7) is 7.63. The summed E-state index contributed by atoms with van der Waals surface area (Å²) in [5, 5.41) is 0. The summed E-state index contributed by atoms with van der Waals surface area (Å²) in [7, 11) is 0. The van der Waals surface area contributed by atoms with Gasteiger partial charge >= 0.3 is 0 Å². The van der Waals surface area contributed by atoms with E-state index < -0.39 is 5.41 Å². The SMILES string of the molecule is CCCN(CC1CC1)C(=O)C(C)(CC)C(N)=S. The Labute approximate surface area is 110 Å². The predicted octanol–water partition coefficient (Wildman–Crippen LogP) is 2.34. The van der Waals surface area contributed by atoms with Crippen LogP contribution >= 0.6 is 12.2 Å². The molecule has 2 N–H and O–H groups in total. The molecule has 0 aromatic carbocycles. The van der Waals surface area contributed by atoms with E-state index >= 15 is 0 Å². The molecule has 1 atom stereocenters. The number of hydrogen-bond donors (Lipinski definition) is 1. The van der Waals surface area contributed by atoms with Crippen LogP contribution in [0.2, 0.25) is 0 Å². The summed E-state index contributed by atoms with van der Waals surface area (Å²) < 4.78 is 0. The molecule has 4 heteroatoms. The molecule has 0 aromatic heterocycles. The summed E-state index contributed by atoms with van der Waals surface area (Å²) in [5.74, 6) is 0.819. The average Bonchev–Trinajstić information content (AvgIpc) is 3.10. The van der Waals surface area contributed by atoms with Gasteiger partial charge in [-0.3, -0.25) is 4.79 Å². The fourth-order valence-corrected chi connectivity index (χ4v) is 2.17. The Kier molecular flexibility index (Phi) is 4.92. The fraction of sp³-hybridized carbons (Fsp3) is 0.846. The third-order valence-electron chi connectivity index (χ3n) is 3.68. The monoisotopic (exact) mass is 256 g/mol. The number of hydrogen-bond acceptors (Lipinski definition) is 2. The van der Waals surface area contributed by atoms with Crippen molar-refractivity contribution in [2.45, 2.75) is 46.5 Å². The first-order chi connectivity index (χ1) is 7.95. The fourth-order valence-electron chi connectivity index (χ4n) is 1.94. The molecule has 1 rings (SSSR count). The Morgan fingerprint density at radius 2 is 2.06 bits per heavy atom. The van der Waals surface area contributed by atoms with Gasteiger partial charge in [-0.2, -0.15) is 0 Å². The highest BCUT2D eigenvalue weighted by atomic mass is 32.1. The van der Waals surface area contributed by atoms with Gasteiger partial charge < -0.3 is 10.6 Å². The summed E-state index contributed by atoms with van der Waals surface area (Å²) >= 11 is 5.07. The van der Waals surface area contributed by atoms with Gasteiger partial charge in [0.1, 0.15) is 0 Å². The second kappa shape index (κ2) is 5.80. The van der Waals surface area contributed by atoms with Crippen molar-refractivity contribution in [3.8, 4) is 0 Å². The molecule has 98 valence electrons. The van der Waals surface area contributed by atoms with Crippen LogP contribution in [0, 0.1) is 11.3 Å². The second-order valence-corrected chi connectivity index (χ2v) is 5.68. The molecule has 0 heterocycles. The molecule has 0 aliphatic heterocycles. The van der Waals surface area contributed by atoms with Crippen LogP contribution in [0.25, 0.3) is 0 Å². The molecule has 1 aliphatic carbocycles. The highest BCUT2D eigenvalue weighted by Crippen LogP contribution is 2.32. The van der Waals surface area contributed by atoms with Gasteiger partial charge in [0.15, 0.2) is 0 Å². The lowest BCUT2D eigenvalue weighted by molar-refractivity contribution is -0.138. The van der Waals surface area contributed by atoms with Crippen molar-refractivity contribution in [1.29, 1.82) is 0 Å². The molecule has 0 saturated heterocycles. The predicted molar refractivity (Wildman–Crippen MR) is 74.8 cm³/mol. The van der Waals surface area contributed by atoms with Crippen LogP contribution < -0.4 is 5.73 Å². The van der Waals surface area contributed by atoms with Gasteiger partial charge in [0.25, 0.3) is 0 Å². The molecule has 17 heavy (non-hydrogen) atoms. The molecule has 3 nitrogen and oxygen atoms in total. The molecule has 0 aromatic rings. The number of carbonyl (C=O) groups is 1. The highest BCUT2D eigenvalue weighted by Gasteiger charge is 2.39. The second-order valence-electron chi connectivity index (χ2n) is 5.24. The first kappa shape index (κ1) is 14.4. The van der Waals surface area contributed by atoms with Crippen LogP contribution in [0.3, 0.4) is 0 Å². The van der Waals surface area contributed by atoms with E-state index in [4.69, 9.17) is 18.0 Å². The van der Waals surface area contributed by atoms with Gasteiger partial charge in [0, 0.05) is 13.1 Å². The van der Waals surface area contributed by atoms with Crippen molar-refractivity contribution in [3.05, 3.63) is 0 Å². The maximum Gasteiger partial charge on any atom is 0.235 e. The van der Waals surface area contributed by atoms with E-state index in [-0.39, 0.29) is 5.91 Å². The smallest absolute Gasteiger partial charge is 0.235 e. The van der Waals surface area contributed by atoms with Gasteiger partial charge in [-0.25, -0.2) is 0 Å². The van der Waals surface area contributed by atoms with E-state index in [0.717, 1.165) is 19.5 Å². The maximum absolute atomic E-state index is 12.5.